The molecule has 190 valence electrons. The van der Waals surface area contributed by atoms with Crippen LogP contribution in [-0.4, -0.2) is 45.0 Å². The first kappa shape index (κ1) is 25.2. The number of carbonyl (C=O) groups is 2. The normalized spacial score (nSPS) is 12.2. The first-order valence-electron chi connectivity index (χ1n) is 11.8. The molecule has 0 amide bonds. The highest BCUT2D eigenvalue weighted by Crippen LogP contribution is 2.50. The second kappa shape index (κ2) is 10.4. The molecule has 4 rings (SSSR count). The van der Waals surface area contributed by atoms with Crippen LogP contribution < -0.4 is 18.9 Å². The molecule has 0 spiro atoms. The second-order valence-electron chi connectivity index (χ2n) is 8.57. The van der Waals surface area contributed by atoms with Crippen molar-refractivity contribution >= 4 is 22.5 Å². The third-order valence-electron chi connectivity index (χ3n) is 6.74. The van der Waals surface area contributed by atoms with Gasteiger partial charge in [-0.05, 0) is 29.5 Å². The van der Waals surface area contributed by atoms with Gasteiger partial charge in [-0.3, -0.25) is 4.79 Å². The molecular weight excluding hydrogens is 464 g/mol. The number of hydrogen-bond acceptors (Lipinski definition) is 8. The molecule has 3 aromatic rings. The molecule has 8 heteroatoms. The van der Waals surface area contributed by atoms with Gasteiger partial charge < -0.3 is 28.8 Å². The third-order valence-corrected chi connectivity index (χ3v) is 6.74. The molecule has 0 bridgehead atoms. The van der Waals surface area contributed by atoms with Gasteiger partial charge in [-0.15, -0.1) is 0 Å². The minimum absolute atomic E-state index is 0.0224. The van der Waals surface area contributed by atoms with Crippen LogP contribution in [-0.2, 0) is 4.74 Å². The van der Waals surface area contributed by atoms with Crippen molar-refractivity contribution in [1.82, 2.24) is 0 Å². The number of ether oxygens (including phenoxy) is 5. The van der Waals surface area contributed by atoms with Crippen LogP contribution in [0.1, 0.15) is 53.8 Å². The molecule has 0 fully saturated rings. The Balaban J connectivity index is 2.17. The number of para-hydroxylation sites is 1. The summed E-state index contributed by atoms with van der Waals surface area (Å²) in [6.07, 6.45) is 1.76. The largest absolute Gasteiger partial charge is 0.507 e. The van der Waals surface area contributed by atoms with Crippen molar-refractivity contribution in [3.05, 3.63) is 41.5 Å². The molecule has 1 aliphatic heterocycles. The Kier molecular flexibility index (Phi) is 7.24. The van der Waals surface area contributed by atoms with Crippen molar-refractivity contribution < 1.29 is 38.4 Å². The van der Waals surface area contributed by atoms with Crippen molar-refractivity contribution in [3.8, 4) is 39.9 Å². The Morgan fingerprint density at radius 1 is 0.972 bits per heavy atom. The third kappa shape index (κ3) is 4.17. The summed E-state index contributed by atoms with van der Waals surface area (Å²) in [5.41, 5.74) is 0.748. The number of benzene rings is 3. The van der Waals surface area contributed by atoms with Gasteiger partial charge in [0.15, 0.2) is 28.8 Å². The molecule has 1 N–H and O–H groups in total. The standard InChI is InChI=1S/C28H30O8/c1-6-15(7-2)11-19(29)24-25(28(31)34-5)23(16-9-8-10-20(32-3)27(16)33-4)17-12-21-22(36-14-35-21)13-18(17)26(24)30/h8-10,12-13,15,30H,6-7,11,14H2,1-5H3. The fourth-order valence-corrected chi connectivity index (χ4v) is 4.74. The quantitative estimate of drug-likeness (QED) is 0.296. The number of fused-ring (bicyclic) bond motifs is 2. The average Bonchev–Trinajstić information content (AvgIpc) is 3.37. The van der Waals surface area contributed by atoms with Crippen LogP contribution in [0.3, 0.4) is 0 Å². The number of Topliss-reactive ketones (excluding diaryl/α,β-unsaturated/α-hetero) is 1. The topological polar surface area (TPSA) is 101 Å². The summed E-state index contributed by atoms with van der Waals surface area (Å²) in [6, 6.07) is 8.57. The number of phenolic OH excluding ortho intramolecular Hbond substituents is 1. The first-order valence-corrected chi connectivity index (χ1v) is 11.8. The van der Waals surface area contributed by atoms with Crippen LogP contribution in [0, 0.1) is 5.92 Å². The summed E-state index contributed by atoms with van der Waals surface area (Å²) in [4.78, 5) is 27.0. The number of ketones is 1. The lowest BCUT2D eigenvalue weighted by Crippen LogP contribution is -2.16. The number of rotatable bonds is 9. The molecule has 3 aromatic carbocycles. The van der Waals surface area contributed by atoms with E-state index in [1.807, 2.05) is 13.8 Å². The molecule has 0 saturated carbocycles. The summed E-state index contributed by atoms with van der Waals surface area (Å²) in [5, 5.41) is 12.3. The fraction of sp³-hybridized carbons (Fsp3) is 0.357. The van der Waals surface area contributed by atoms with Gasteiger partial charge in [0.25, 0.3) is 0 Å². The summed E-state index contributed by atoms with van der Waals surface area (Å²) < 4.78 is 27.4. The summed E-state index contributed by atoms with van der Waals surface area (Å²) >= 11 is 0. The molecule has 8 nitrogen and oxygen atoms in total. The van der Waals surface area contributed by atoms with Crippen molar-refractivity contribution in [2.75, 3.05) is 28.1 Å². The molecule has 0 aliphatic carbocycles. The monoisotopic (exact) mass is 494 g/mol. The first-order chi connectivity index (χ1) is 17.4. The lowest BCUT2D eigenvalue weighted by atomic mass is 9.84. The van der Waals surface area contributed by atoms with E-state index in [9.17, 15) is 14.7 Å². The SMILES string of the molecule is CCC(CC)CC(=O)c1c(C(=O)OC)c(-c2cccc(OC)c2OC)c2cc3c(cc2c1O)OCO3. The van der Waals surface area contributed by atoms with Crippen molar-refractivity contribution in [2.24, 2.45) is 5.92 Å². The van der Waals surface area contributed by atoms with Crippen molar-refractivity contribution in [2.45, 2.75) is 33.1 Å². The van der Waals surface area contributed by atoms with Crippen molar-refractivity contribution in [1.29, 1.82) is 0 Å². The van der Waals surface area contributed by atoms with Gasteiger partial charge in [0.1, 0.15) is 5.75 Å². The Bertz CT molecular complexity index is 1320. The van der Waals surface area contributed by atoms with E-state index in [0.29, 0.717) is 44.9 Å². The molecule has 0 saturated heterocycles. The molecule has 0 radical (unpaired) electrons. The number of methoxy groups -OCH3 is 3. The van der Waals surface area contributed by atoms with Crippen LogP contribution >= 0.6 is 0 Å². The molecule has 0 atom stereocenters. The van der Waals surface area contributed by atoms with Gasteiger partial charge >= 0.3 is 5.97 Å². The zero-order valence-corrected chi connectivity index (χ0v) is 21.1. The van der Waals surface area contributed by atoms with Crippen LogP contribution in [0.15, 0.2) is 30.3 Å². The zero-order valence-electron chi connectivity index (χ0n) is 21.1. The van der Waals surface area contributed by atoms with Gasteiger partial charge in [0.05, 0.1) is 32.5 Å². The summed E-state index contributed by atoms with van der Waals surface area (Å²) in [5.74, 6) is 0.408. The summed E-state index contributed by atoms with van der Waals surface area (Å²) in [6.45, 7) is 4.04. The molecule has 1 heterocycles. The lowest BCUT2D eigenvalue weighted by Gasteiger charge is -2.21. The van der Waals surface area contributed by atoms with Crippen LogP contribution in [0.25, 0.3) is 21.9 Å². The van der Waals surface area contributed by atoms with Gasteiger partial charge in [0.2, 0.25) is 6.79 Å². The van der Waals surface area contributed by atoms with Crippen LogP contribution in [0.4, 0.5) is 0 Å². The number of phenols is 1. The zero-order chi connectivity index (χ0) is 26.0. The smallest absolute Gasteiger partial charge is 0.339 e. The fourth-order valence-electron chi connectivity index (χ4n) is 4.74. The van der Waals surface area contributed by atoms with E-state index in [0.717, 1.165) is 12.8 Å². The maximum absolute atomic E-state index is 13.7. The number of aromatic hydroxyl groups is 1. The minimum Gasteiger partial charge on any atom is -0.507 e. The van der Waals surface area contributed by atoms with E-state index in [-0.39, 0.29) is 41.8 Å². The highest BCUT2D eigenvalue weighted by atomic mass is 16.7. The van der Waals surface area contributed by atoms with E-state index in [1.165, 1.54) is 21.3 Å². The Morgan fingerprint density at radius 3 is 2.22 bits per heavy atom. The molecule has 0 aromatic heterocycles. The molecule has 36 heavy (non-hydrogen) atoms. The van der Waals surface area contributed by atoms with E-state index < -0.39 is 5.97 Å². The van der Waals surface area contributed by atoms with Gasteiger partial charge in [-0.2, -0.15) is 0 Å². The number of carbonyl (C=O) groups excluding carboxylic acids is 2. The average molecular weight is 495 g/mol. The van der Waals surface area contributed by atoms with Crippen LogP contribution in [0.5, 0.6) is 28.7 Å². The Labute approximate surface area is 209 Å². The van der Waals surface area contributed by atoms with Crippen LogP contribution in [0.2, 0.25) is 0 Å². The van der Waals surface area contributed by atoms with Crippen molar-refractivity contribution in [3.63, 3.8) is 0 Å². The minimum atomic E-state index is -0.752. The van der Waals surface area contributed by atoms with E-state index in [1.54, 1.807) is 30.3 Å². The lowest BCUT2D eigenvalue weighted by molar-refractivity contribution is 0.0597. The molecular formula is C28H30O8. The maximum atomic E-state index is 13.7. The maximum Gasteiger partial charge on any atom is 0.339 e. The molecule has 1 aliphatic rings. The summed E-state index contributed by atoms with van der Waals surface area (Å²) in [7, 11) is 4.25. The van der Waals surface area contributed by atoms with E-state index >= 15 is 0 Å². The van der Waals surface area contributed by atoms with E-state index in [2.05, 4.69) is 0 Å². The number of esters is 1. The van der Waals surface area contributed by atoms with E-state index in [4.69, 9.17) is 23.7 Å². The molecule has 0 unspecified atom stereocenters. The Morgan fingerprint density at radius 2 is 1.64 bits per heavy atom. The second-order valence-corrected chi connectivity index (χ2v) is 8.57. The van der Waals surface area contributed by atoms with Gasteiger partial charge in [0, 0.05) is 22.9 Å². The highest BCUT2D eigenvalue weighted by molar-refractivity contribution is 6.20. The predicted molar refractivity (Wildman–Crippen MR) is 135 cm³/mol. The van der Waals surface area contributed by atoms with Gasteiger partial charge in [-0.25, -0.2) is 4.79 Å². The van der Waals surface area contributed by atoms with Gasteiger partial charge in [-0.1, -0.05) is 38.8 Å². The highest BCUT2D eigenvalue weighted by Gasteiger charge is 2.33. The predicted octanol–water partition coefficient (Wildman–Crippen LogP) is 5.75. The Hall–Kier alpha value is -3.94. The number of hydrogen-bond donors (Lipinski definition) is 1.